The van der Waals surface area contributed by atoms with Gasteiger partial charge in [-0.3, -0.25) is 4.79 Å². The van der Waals surface area contributed by atoms with Gasteiger partial charge >= 0.3 is 5.97 Å². The van der Waals surface area contributed by atoms with Crippen molar-refractivity contribution in [1.82, 2.24) is 4.90 Å². The Labute approximate surface area is 132 Å². The molecule has 0 heterocycles. The lowest BCUT2D eigenvalue weighted by molar-refractivity contribution is -0.150. The van der Waals surface area contributed by atoms with E-state index in [1.165, 1.54) is 17.9 Å². The average molecular weight is 327 g/mol. The highest BCUT2D eigenvalue weighted by Crippen LogP contribution is 2.29. The zero-order chi connectivity index (χ0) is 17.0. The van der Waals surface area contributed by atoms with Crippen LogP contribution in [-0.2, 0) is 9.59 Å². The number of carbonyl (C=O) groups is 2. The largest absolute Gasteiger partial charge is 0.491 e. The lowest BCUT2D eigenvalue weighted by Gasteiger charge is -2.26. The van der Waals surface area contributed by atoms with Crippen molar-refractivity contribution in [3.63, 3.8) is 0 Å². The van der Waals surface area contributed by atoms with Crippen LogP contribution in [0.2, 0.25) is 0 Å². The van der Waals surface area contributed by atoms with Gasteiger partial charge in [0.2, 0.25) is 5.91 Å². The molecule has 126 valence electrons. The minimum atomic E-state index is -1.03. The van der Waals surface area contributed by atoms with Gasteiger partial charge in [-0.2, -0.15) is 0 Å². The molecule has 0 saturated heterocycles. The molecule has 1 N–H and O–H groups in total. The van der Waals surface area contributed by atoms with E-state index in [4.69, 9.17) is 9.84 Å². The highest BCUT2D eigenvalue weighted by atomic mass is 19.1. The minimum Gasteiger partial charge on any atom is -0.491 e. The summed E-state index contributed by atoms with van der Waals surface area (Å²) in [5.74, 6) is -2.83. The number of ether oxygens (including phenoxy) is 1. The van der Waals surface area contributed by atoms with Crippen LogP contribution in [0.25, 0.3) is 0 Å². The Morgan fingerprint density at radius 2 is 2.09 bits per heavy atom. The Bertz CT molecular complexity index is 589. The number of aliphatic carboxylic acids is 1. The number of carbonyl (C=O) groups excluding carboxylic acids is 1. The molecule has 1 amide bonds. The van der Waals surface area contributed by atoms with Crippen molar-refractivity contribution < 1.29 is 28.2 Å². The van der Waals surface area contributed by atoms with Crippen LogP contribution in [0.5, 0.6) is 5.75 Å². The summed E-state index contributed by atoms with van der Waals surface area (Å²) in [5, 5.41) is 9.06. The van der Waals surface area contributed by atoms with Crippen LogP contribution in [0, 0.1) is 11.6 Å². The molecule has 5 nitrogen and oxygen atoms in total. The predicted molar refractivity (Wildman–Crippen MR) is 78.1 cm³/mol. The fraction of sp³-hybridized carbons (Fsp3) is 0.500. The molecule has 0 bridgehead atoms. The van der Waals surface area contributed by atoms with E-state index in [0.29, 0.717) is 6.42 Å². The molecule has 1 fully saturated rings. The summed E-state index contributed by atoms with van der Waals surface area (Å²) in [5.41, 5.74) is 0. The highest BCUT2D eigenvalue weighted by Gasteiger charge is 2.37. The second-order valence-corrected chi connectivity index (χ2v) is 5.57. The van der Waals surface area contributed by atoms with Crippen LogP contribution in [0.1, 0.15) is 32.6 Å². The fourth-order valence-corrected chi connectivity index (χ4v) is 2.33. The first-order valence-corrected chi connectivity index (χ1v) is 7.52. The third kappa shape index (κ3) is 4.64. The van der Waals surface area contributed by atoms with Crippen molar-refractivity contribution in [3.8, 4) is 5.75 Å². The van der Waals surface area contributed by atoms with E-state index in [0.717, 1.165) is 25.0 Å². The summed E-state index contributed by atoms with van der Waals surface area (Å²) in [6.45, 7) is 1.58. The first-order valence-electron chi connectivity index (χ1n) is 7.52. The summed E-state index contributed by atoms with van der Waals surface area (Å²) in [4.78, 5) is 24.6. The molecule has 23 heavy (non-hydrogen) atoms. The number of rotatable bonds is 8. The maximum absolute atomic E-state index is 13.4. The van der Waals surface area contributed by atoms with Gasteiger partial charge < -0.3 is 14.7 Å². The number of nitrogens with zero attached hydrogens (tertiary/aromatic N) is 1. The van der Waals surface area contributed by atoms with Gasteiger partial charge in [0.05, 0.1) is 6.61 Å². The summed E-state index contributed by atoms with van der Waals surface area (Å²) in [6, 6.07) is 2.15. The second kappa shape index (κ2) is 7.39. The summed E-state index contributed by atoms with van der Waals surface area (Å²) in [7, 11) is 0. The quantitative estimate of drug-likeness (QED) is 0.745. The van der Waals surface area contributed by atoms with E-state index in [-0.39, 0.29) is 30.7 Å². The van der Waals surface area contributed by atoms with Crippen molar-refractivity contribution in [2.45, 2.75) is 44.7 Å². The summed E-state index contributed by atoms with van der Waals surface area (Å²) in [6.07, 6.45) is 2.09. The number of halogens is 2. The molecule has 0 aromatic heterocycles. The van der Waals surface area contributed by atoms with Crippen LogP contribution in [0.4, 0.5) is 8.78 Å². The lowest BCUT2D eigenvalue weighted by atomic mass is 10.2. The topological polar surface area (TPSA) is 66.8 Å². The van der Waals surface area contributed by atoms with Gasteiger partial charge in [0.25, 0.3) is 0 Å². The number of carboxylic acids is 1. The number of hydrogen-bond donors (Lipinski definition) is 1. The molecule has 0 radical (unpaired) electrons. The van der Waals surface area contributed by atoms with E-state index in [1.54, 1.807) is 0 Å². The smallest absolute Gasteiger partial charge is 0.326 e. The summed E-state index contributed by atoms with van der Waals surface area (Å²) < 4.78 is 31.3. The lowest BCUT2D eigenvalue weighted by Crippen LogP contribution is -2.44. The van der Waals surface area contributed by atoms with E-state index >= 15 is 0 Å². The minimum absolute atomic E-state index is 0.00376. The number of hydrogen-bond acceptors (Lipinski definition) is 3. The van der Waals surface area contributed by atoms with E-state index < -0.39 is 23.6 Å². The van der Waals surface area contributed by atoms with E-state index in [2.05, 4.69) is 0 Å². The molecule has 1 saturated carbocycles. The molecular formula is C16H19F2NO4. The fourth-order valence-electron chi connectivity index (χ4n) is 2.33. The monoisotopic (exact) mass is 327 g/mol. The first kappa shape index (κ1) is 17.2. The molecule has 1 aromatic carbocycles. The van der Waals surface area contributed by atoms with Crippen molar-refractivity contribution in [2.75, 3.05) is 6.61 Å². The Morgan fingerprint density at radius 1 is 1.39 bits per heavy atom. The standard InChI is InChI=1S/C16H19F2NO4/c1-10(16(21)22)19(12-5-6-12)15(20)3-2-8-23-14-7-4-11(17)9-13(14)18/h4,7,9-10,12H,2-3,5-6,8H2,1H3,(H,21,22). The van der Waals surface area contributed by atoms with Gasteiger partial charge in [0, 0.05) is 18.5 Å². The first-order chi connectivity index (χ1) is 10.9. The molecule has 1 aliphatic carbocycles. The van der Waals surface area contributed by atoms with E-state index in [9.17, 15) is 18.4 Å². The third-order valence-corrected chi connectivity index (χ3v) is 3.69. The van der Waals surface area contributed by atoms with Gasteiger partial charge in [0.1, 0.15) is 11.9 Å². The maximum atomic E-state index is 13.4. The Kier molecular flexibility index (Phi) is 5.52. The molecule has 0 spiro atoms. The van der Waals surface area contributed by atoms with Crippen molar-refractivity contribution in [1.29, 1.82) is 0 Å². The zero-order valence-corrected chi connectivity index (χ0v) is 12.8. The average Bonchev–Trinajstić information content (AvgIpc) is 3.30. The van der Waals surface area contributed by atoms with Crippen LogP contribution in [0.15, 0.2) is 18.2 Å². The second-order valence-electron chi connectivity index (χ2n) is 5.57. The molecule has 1 aromatic rings. The maximum Gasteiger partial charge on any atom is 0.326 e. The number of amides is 1. The summed E-state index contributed by atoms with van der Waals surface area (Å²) >= 11 is 0. The molecule has 1 atom stereocenters. The van der Waals surface area contributed by atoms with E-state index in [1.807, 2.05) is 0 Å². The predicted octanol–water partition coefficient (Wildman–Crippen LogP) is 2.59. The van der Waals surface area contributed by atoms with Gasteiger partial charge in [0.15, 0.2) is 11.6 Å². The van der Waals surface area contributed by atoms with Crippen LogP contribution >= 0.6 is 0 Å². The van der Waals surface area contributed by atoms with Crippen molar-refractivity contribution >= 4 is 11.9 Å². The molecular weight excluding hydrogens is 308 g/mol. The SMILES string of the molecule is CC(C(=O)O)N(C(=O)CCCOc1ccc(F)cc1F)C1CC1. The van der Waals surface area contributed by atoms with Gasteiger partial charge in [-0.05, 0) is 38.3 Å². The third-order valence-electron chi connectivity index (χ3n) is 3.69. The molecule has 1 aliphatic rings. The highest BCUT2D eigenvalue weighted by molar-refractivity contribution is 5.83. The molecule has 7 heteroatoms. The molecule has 1 unspecified atom stereocenters. The van der Waals surface area contributed by atoms with Crippen LogP contribution in [0.3, 0.4) is 0 Å². The zero-order valence-electron chi connectivity index (χ0n) is 12.8. The van der Waals surface area contributed by atoms with Crippen molar-refractivity contribution in [3.05, 3.63) is 29.8 Å². The van der Waals surface area contributed by atoms with Crippen LogP contribution < -0.4 is 4.74 Å². The van der Waals surface area contributed by atoms with Crippen LogP contribution in [-0.4, -0.2) is 40.6 Å². The van der Waals surface area contributed by atoms with Gasteiger partial charge in [-0.1, -0.05) is 0 Å². The molecule has 0 aliphatic heterocycles. The number of carboxylic acid groups (broad SMARTS) is 1. The van der Waals surface area contributed by atoms with Crippen molar-refractivity contribution in [2.24, 2.45) is 0 Å². The van der Waals surface area contributed by atoms with Gasteiger partial charge in [-0.15, -0.1) is 0 Å². The Hall–Kier alpha value is -2.18. The molecule has 2 rings (SSSR count). The normalized spacial score (nSPS) is 15.1. The Balaban J connectivity index is 1.80. The Morgan fingerprint density at radius 3 is 2.65 bits per heavy atom. The number of benzene rings is 1. The van der Waals surface area contributed by atoms with Gasteiger partial charge in [-0.25, -0.2) is 13.6 Å².